The molecule has 0 bridgehead atoms. The second-order valence-electron chi connectivity index (χ2n) is 4.19. The predicted octanol–water partition coefficient (Wildman–Crippen LogP) is 2.27. The number of methoxy groups -OCH3 is 1. The molecule has 20 heavy (non-hydrogen) atoms. The van der Waals surface area contributed by atoms with Crippen LogP contribution in [-0.2, 0) is 4.74 Å². The highest BCUT2D eigenvalue weighted by Crippen LogP contribution is 2.29. The fourth-order valence-corrected chi connectivity index (χ4v) is 2.34. The fraction of sp³-hybridized carbons (Fsp3) is 0.417. The van der Waals surface area contributed by atoms with Gasteiger partial charge in [0.1, 0.15) is 5.69 Å². The van der Waals surface area contributed by atoms with Gasteiger partial charge in [-0.05, 0) is 29.5 Å². The summed E-state index contributed by atoms with van der Waals surface area (Å²) in [5, 5.41) is 16.0. The number of rotatable bonds is 6. The van der Waals surface area contributed by atoms with E-state index in [0.717, 1.165) is 0 Å². The SMILES string of the molecule is COCCNC(C)c1nnnn1-c1c(Cl)cccc1Cl. The van der Waals surface area contributed by atoms with Gasteiger partial charge in [0.05, 0.1) is 22.7 Å². The van der Waals surface area contributed by atoms with Crippen LogP contribution in [0.1, 0.15) is 18.8 Å². The van der Waals surface area contributed by atoms with Gasteiger partial charge in [-0.25, -0.2) is 0 Å². The summed E-state index contributed by atoms with van der Waals surface area (Å²) in [6, 6.07) is 5.21. The van der Waals surface area contributed by atoms with E-state index < -0.39 is 0 Å². The van der Waals surface area contributed by atoms with E-state index in [1.807, 2.05) is 6.92 Å². The Kier molecular flexibility index (Phi) is 5.31. The molecule has 0 aliphatic heterocycles. The lowest BCUT2D eigenvalue weighted by molar-refractivity contribution is 0.196. The van der Waals surface area contributed by atoms with Crippen molar-refractivity contribution in [1.82, 2.24) is 25.5 Å². The third-order valence-corrected chi connectivity index (χ3v) is 3.40. The van der Waals surface area contributed by atoms with Gasteiger partial charge < -0.3 is 10.1 Å². The summed E-state index contributed by atoms with van der Waals surface area (Å²) in [5.74, 6) is 0.635. The van der Waals surface area contributed by atoms with Crippen molar-refractivity contribution in [2.24, 2.45) is 0 Å². The van der Waals surface area contributed by atoms with Crippen LogP contribution in [0.3, 0.4) is 0 Å². The maximum absolute atomic E-state index is 6.18. The summed E-state index contributed by atoms with van der Waals surface area (Å²) in [6.07, 6.45) is 0. The van der Waals surface area contributed by atoms with Crippen LogP contribution in [0.2, 0.25) is 10.0 Å². The second kappa shape index (κ2) is 6.99. The van der Waals surface area contributed by atoms with Crippen LogP contribution in [-0.4, -0.2) is 40.5 Å². The summed E-state index contributed by atoms with van der Waals surface area (Å²) in [6.45, 7) is 3.27. The molecule has 8 heteroatoms. The number of aromatic nitrogens is 4. The number of halogens is 2. The highest BCUT2D eigenvalue weighted by molar-refractivity contribution is 6.37. The van der Waals surface area contributed by atoms with Crippen molar-refractivity contribution >= 4 is 23.2 Å². The first-order valence-corrected chi connectivity index (χ1v) is 6.85. The zero-order valence-electron chi connectivity index (χ0n) is 11.2. The van der Waals surface area contributed by atoms with E-state index >= 15 is 0 Å². The Morgan fingerprint density at radius 3 is 2.70 bits per heavy atom. The molecule has 0 saturated carbocycles. The third kappa shape index (κ3) is 3.27. The van der Waals surface area contributed by atoms with Crippen LogP contribution in [0.4, 0.5) is 0 Å². The Bertz CT molecular complexity index is 554. The lowest BCUT2D eigenvalue weighted by atomic mass is 10.2. The van der Waals surface area contributed by atoms with Crippen molar-refractivity contribution in [3.8, 4) is 5.69 Å². The first kappa shape index (κ1) is 15.2. The highest BCUT2D eigenvalue weighted by Gasteiger charge is 2.18. The Morgan fingerprint density at radius 1 is 1.35 bits per heavy atom. The minimum absolute atomic E-state index is 0.0625. The van der Waals surface area contributed by atoms with Gasteiger partial charge in [0.25, 0.3) is 0 Å². The van der Waals surface area contributed by atoms with Crippen LogP contribution < -0.4 is 5.32 Å². The Hall–Kier alpha value is -1.21. The van der Waals surface area contributed by atoms with Crippen LogP contribution in [0, 0.1) is 0 Å². The number of ether oxygens (including phenoxy) is 1. The molecule has 0 radical (unpaired) electrons. The van der Waals surface area contributed by atoms with Crippen LogP contribution >= 0.6 is 23.2 Å². The monoisotopic (exact) mass is 315 g/mol. The molecule has 0 aliphatic rings. The second-order valence-corrected chi connectivity index (χ2v) is 5.00. The van der Waals surface area contributed by atoms with E-state index in [1.165, 1.54) is 0 Å². The zero-order chi connectivity index (χ0) is 14.5. The molecular weight excluding hydrogens is 301 g/mol. The average molecular weight is 316 g/mol. The van der Waals surface area contributed by atoms with Gasteiger partial charge in [0, 0.05) is 13.7 Å². The van der Waals surface area contributed by atoms with E-state index in [1.54, 1.807) is 30.0 Å². The molecule has 0 aliphatic carbocycles. The van der Waals surface area contributed by atoms with Crippen molar-refractivity contribution in [2.45, 2.75) is 13.0 Å². The largest absolute Gasteiger partial charge is 0.383 e. The molecule has 2 rings (SSSR count). The third-order valence-electron chi connectivity index (χ3n) is 2.79. The maximum Gasteiger partial charge on any atom is 0.173 e. The summed E-state index contributed by atoms with van der Waals surface area (Å²) in [5.41, 5.74) is 0.580. The predicted molar refractivity (Wildman–Crippen MR) is 77.5 cm³/mol. The van der Waals surface area contributed by atoms with Crippen molar-refractivity contribution in [3.05, 3.63) is 34.1 Å². The van der Waals surface area contributed by atoms with Crippen molar-refractivity contribution in [1.29, 1.82) is 0 Å². The first-order chi connectivity index (χ1) is 9.65. The summed E-state index contributed by atoms with van der Waals surface area (Å²) >= 11 is 12.4. The van der Waals surface area contributed by atoms with Gasteiger partial charge in [-0.2, -0.15) is 4.68 Å². The van der Waals surface area contributed by atoms with Crippen molar-refractivity contribution in [3.63, 3.8) is 0 Å². The van der Waals surface area contributed by atoms with Gasteiger partial charge in [-0.15, -0.1) is 5.10 Å². The lowest BCUT2D eigenvalue weighted by Gasteiger charge is -2.14. The molecule has 0 fully saturated rings. The Balaban J connectivity index is 2.28. The zero-order valence-corrected chi connectivity index (χ0v) is 12.7. The summed E-state index contributed by atoms with van der Waals surface area (Å²) < 4.78 is 6.55. The maximum atomic E-state index is 6.18. The van der Waals surface area contributed by atoms with Crippen molar-refractivity contribution in [2.75, 3.05) is 20.3 Å². The number of hydrogen-bond donors (Lipinski definition) is 1. The van der Waals surface area contributed by atoms with Gasteiger partial charge in [0.2, 0.25) is 0 Å². The molecule has 1 aromatic heterocycles. The minimum atomic E-state index is -0.0625. The van der Waals surface area contributed by atoms with Gasteiger partial charge in [0.15, 0.2) is 5.82 Å². The van der Waals surface area contributed by atoms with E-state index in [0.29, 0.717) is 34.7 Å². The number of benzene rings is 1. The molecule has 1 unspecified atom stereocenters. The molecule has 0 saturated heterocycles. The summed E-state index contributed by atoms with van der Waals surface area (Å²) in [7, 11) is 1.65. The number of tetrazole rings is 1. The van der Waals surface area contributed by atoms with E-state index in [4.69, 9.17) is 27.9 Å². The van der Waals surface area contributed by atoms with E-state index in [9.17, 15) is 0 Å². The molecular formula is C12H15Cl2N5O. The van der Waals surface area contributed by atoms with Gasteiger partial charge >= 0.3 is 0 Å². The van der Waals surface area contributed by atoms with Gasteiger partial charge in [-0.3, -0.25) is 0 Å². The molecule has 6 nitrogen and oxygen atoms in total. The standard InChI is InChI=1S/C12H15Cl2N5O/c1-8(15-6-7-20-2)12-16-17-18-19(12)11-9(13)4-3-5-10(11)14/h3-5,8,15H,6-7H2,1-2H3. The topological polar surface area (TPSA) is 64.9 Å². The molecule has 1 heterocycles. The minimum Gasteiger partial charge on any atom is -0.383 e. The molecule has 1 aromatic carbocycles. The highest BCUT2D eigenvalue weighted by atomic mass is 35.5. The Morgan fingerprint density at radius 2 is 2.05 bits per heavy atom. The molecule has 2 aromatic rings. The quantitative estimate of drug-likeness (QED) is 0.828. The Labute approximate surface area is 127 Å². The molecule has 1 N–H and O–H groups in total. The average Bonchev–Trinajstić information content (AvgIpc) is 2.88. The van der Waals surface area contributed by atoms with E-state index in [-0.39, 0.29) is 6.04 Å². The molecule has 108 valence electrons. The van der Waals surface area contributed by atoms with Crippen molar-refractivity contribution < 1.29 is 4.74 Å². The normalized spacial score (nSPS) is 12.6. The molecule has 0 spiro atoms. The van der Waals surface area contributed by atoms with Crippen LogP contribution in [0.15, 0.2) is 18.2 Å². The smallest absolute Gasteiger partial charge is 0.173 e. The fourth-order valence-electron chi connectivity index (χ4n) is 1.78. The van der Waals surface area contributed by atoms with Crippen LogP contribution in [0.5, 0.6) is 0 Å². The van der Waals surface area contributed by atoms with Gasteiger partial charge in [-0.1, -0.05) is 29.3 Å². The molecule has 1 atom stereocenters. The molecule has 0 amide bonds. The lowest BCUT2D eigenvalue weighted by Crippen LogP contribution is -2.25. The number of nitrogens with zero attached hydrogens (tertiary/aromatic N) is 4. The first-order valence-electron chi connectivity index (χ1n) is 6.10. The van der Waals surface area contributed by atoms with E-state index in [2.05, 4.69) is 20.8 Å². The van der Waals surface area contributed by atoms with Crippen LogP contribution in [0.25, 0.3) is 5.69 Å². The number of hydrogen-bond acceptors (Lipinski definition) is 5. The summed E-state index contributed by atoms with van der Waals surface area (Å²) in [4.78, 5) is 0. The number of nitrogens with one attached hydrogen (secondary N) is 1. The number of para-hydroxylation sites is 1.